The van der Waals surface area contributed by atoms with Crippen LogP contribution in [-0.2, 0) is 0 Å². The van der Waals surface area contributed by atoms with Crippen LogP contribution in [0.5, 0.6) is 5.75 Å². The van der Waals surface area contributed by atoms with Crippen molar-refractivity contribution in [2.75, 3.05) is 31.6 Å². The highest BCUT2D eigenvalue weighted by molar-refractivity contribution is 7.99. The Hall–Kier alpha value is -1.73. The average Bonchev–Trinajstić information content (AvgIpc) is 3.44. The van der Waals surface area contributed by atoms with E-state index < -0.39 is 0 Å². The molecular weight excluding hydrogens is 401 g/mol. The molecule has 3 heterocycles. The third kappa shape index (κ3) is 3.40. The number of aromatic nitrogens is 1. The standard InChI is InChI=1S/C23H30FN3O2S/c1-13(2)30-20-10-19(28)16-9-17(24)22(23(29-3)21(16)27(20)15-6-7-15)26-11-14-5-4-8-25-18(14)12-26/h9-10,13-15,18,25H,4-8,11-12H2,1-3H3/t14-,18+/m0/s1. The molecule has 0 amide bonds. The Morgan fingerprint density at radius 1 is 1.23 bits per heavy atom. The Bertz CT molecular complexity index is 1020. The summed E-state index contributed by atoms with van der Waals surface area (Å²) < 4.78 is 23.5. The van der Waals surface area contributed by atoms with Gasteiger partial charge in [-0.15, -0.1) is 11.8 Å². The number of nitrogens with zero attached hydrogens (tertiary/aromatic N) is 2. The highest BCUT2D eigenvalue weighted by Crippen LogP contribution is 2.47. The van der Waals surface area contributed by atoms with Crippen LogP contribution in [-0.4, -0.2) is 42.6 Å². The number of halogens is 1. The SMILES string of the molecule is COc1c(N2C[C@@H]3CCCN[C@@H]3C2)c(F)cc2c(=O)cc(SC(C)C)n(C3CC3)c12. The maximum Gasteiger partial charge on any atom is 0.190 e. The van der Waals surface area contributed by atoms with E-state index in [1.165, 1.54) is 18.9 Å². The summed E-state index contributed by atoms with van der Waals surface area (Å²) in [5, 5.41) is 5.32. The summed E-state index contributed by atoms with van der Waals surface area (Å²) in [4.78, 5) is 15.1. The second kappa shape index (κ2) is 7.75. The monoisotopic (exact) mass is 431 g/mol. The molecule has 2 atom stereocenters. The van der Waals surface area contributed by atoms with Gasteiger partial charge in [-0.1, -0.05) is 13.8 Å². The van der Waals surface area contributed by atoms with E-state index in [4.69, 9.17) is 4.74 Å². The van der Waals surface area contributed by atoms with Crippen LogP contribution in [0.1, 0.15) is 45.6 Å². The number of hydrogen-bond acceptors (Lipinski definition) is 5. The summed E-state index contributed by atoms with van der Waals surface area (Å²) in [5.41, 5.74) is 1.14. The molecule has 30 heavy (non-hydrogen) atoms. The van der Waals surface area contributed by atoms with Gasteiger partial charge in [-0.3, -0.25) is 4.79 Å². The normalized spacial score (nSPS) is 24.0. The number of rotatable bonds is 5. The minimum atomic E-state index is -0.360. The molecule has 0 radical (unpaired) electrons. The minimum absolute atomic E-state index is 0.134. The molecule has 1 aromatic carbocycles. The fourth-order valence-electron chi connectivity index (χ4n) is 5.15. The molecule has 162 valence electrons. The van der Waals surface area contributed by atoms with E-state index >= 15 is 4.39 Å². The Morgan fingerprint density at radius 3 is 2.70 bits per heavy atom. The van der Waals surface area contributed by atoms with Crippen LogP contribution in [0.15, 0.2) is 22.0 Å². The largest absolute Gasteiger partial charge is 0.492 e. The van der Waals surface area contributed by atoms with Gasteiger partial charge in [0.15, 0.2) is 17.0 Å². The number of pyridine rings is 1. The zero-order chi connectivity index (χ0) is 21.0. The third-order valence-corrected chi connectivity index (χ3v) is 7.60. The summed E-state index contributed by atoms with van der Waals surface area (Å²) in [6.07, 6.45) is 4.51. The first-order chi connectivity index (χ1) is 14.5. The van der Waals surface area contributed by atoms with E-state index in [1.54, 1.807) is 24.9 Å². The van der Waals surface area contributed by atoms with Crippen molar-refractivity contribution in [1.29, 1.82) is 0 Å². The van der Waals surface area contributed by atoms with Crippen LogP contribution in [0, 0.1) is 11.7 Å². The molecule has 1 saturated carbocycles. The van der Waals surface area contributed by atoms with Crippen LogP contribution in [0.25, 0.3) is 10.9 Å². The second-order valence-corrected chi connectivity index (χ2v) is 10.7. The number of fused-ring (bicyclic) bond motifs is 2. The van der Waals surface area contributed by atoms with Gasteiger partial charge in [-0.25, -0.2) is 4.39 Å². The number of anilines is 1. The predicted molar refractivity (Wildman–Crippen MR) is 121 cm³/mol. The summed E-state index contributed by atoms with van der Waals surface area (Å²) in [6.45, 7) is 6.89. The van der Waals surface area contributed by atoms with Crippen molar-refractivity contribution in [3.05, 3.63) is 28.2 Å². The van der Waals surface area contributed by atoms with Crippen molar-refractivity contribution in [2.45, 2.75) is 61.9 Å². The Labute approximate surface area is 181 Å². The predicted octanol–water partition coefficient (Wildman–Crippen LogP) is 4.17. The van der Waals surface area contributed by atoms with E-state index in [1.807, 2.05) is 0 Å². The number of thioether (sulfide) groups is 1. The molecule has 2 aromatic rings. The van der Waals surface area contributed by atoms with Crippen LogP contribution >= 0.6 is 11.8 Å². The van der Waals surface area contributed by atoms with Gasteiger partial charge in [0.1, 0.15) is 5.69 Å². The van der Waals surface area contributed by atoms with E-state index in [9.17, 15) is 4.79 Å². The van der Waals surface area contributed by atoms with Crippen molar-refractivity contribution in [3.63, 3.8) is 0 Å². The minimum Gasteiger partial charge on any atom is -0.492 e. The first-order valence-corrected chi connectivity index (χ1v) is 12.0. The average molecular weight is 432 g/mol. The molecular formula is C23H30FN3O2S. The second-order valence-electron chi connectivity index (χ2n) is 9.12. The quantitative estimate of drug-likeness (QED) is 0.720. The lowest BCUT2D eigenvalue weighted by atomic mass is 9.94. The smallest absolute Gasteiger partial charge is 0.190 e. The number of hydrogen-bond donors (Lipinski definition) is 1. The maximum atomic E-state index is 15.4. The lowest BCUT2D eigenvalue weighted by Gasteiger charge is -2.26. The van der Waals surface area contributed by atoms with Crippen LogP contribution in [0.2, 0.25) is 0 Å². The van der Waals surface area contributed by atoms with Gasteiger partial charge in [0, 0.05) is 36.5 Å². The van der Waals surface area contributed by atoms with E-state index in [-0.39, 0.29) is 11.2 Å². The van der Waals surface area contributed by atoms with E-state index in [0.29, 0.717) is 40.1 Å². The highest BCUT2D eigenvalue weighted by atomic mass is 32.2. The van der Waals surface area contributed by atoms with Crippen LogP contribution in [0.4, 0.5) is 10.1 Å². The van der Waals surface area contributed by atoms with Crippen LogP contribution in [0.3, 0.4) is 0 Å². The Balaban J connectivity index is 1.71. The first kappa shape index (κ1) is 20.2. The van der Waals surface area contributed by atoms with Gasteiger partial charge in [-0.05, 0) is 44.2 Å². The van der Waals surface area contributed by atoms with Gasteiger partial charge in [-0.2, -0.15) is 0 Å². The molecule has 7 heteroatoms. The molecule has 2 aliphatic heterocycles. The number of nitrogens with one attached hydrogen (secondary N) is 1. The van der Waals surface area contributed by atoms with Crippen molar-refractivity contribution < 1.29 is 9.13 Å². The molecule has 1 aliphatic carbocycles. The molecule has 1 aromatic heterocycles. The third-order valence-electron chi connectivity index (χ3n) is 6.57. The van der Waals surface area contributed by atoms with E-state index in [2.05, 4.69) is 28.6 Å². The zero-order valence-electron chi connectivity index (χ0n) is 17.9. The lowest BCUT2D eigenvalue weighted by molar-refractivity contribution is 0.340. The number of methoxy groups -OCH3 is 1. The van der Waals surface area contributed by atoms with Gasteiger partial charge in [0.05, 0.1) is 23.0 Å². The summed E-state index contributed by atoms with van der Waals surface area (Å²) >= 11 is 1.69. The fraction of sp³-hybridized carbons (Fsp3) is 0.609. The molecule has 0 unspecified atom stereocenters. The number of ether oxygens (including phenoxy) is 1. The lowest BCUT2D eigenvalue weighted by Crippen LogP contribution is -2.40. The van der Waals surface area contributed by atoms with Crippen molar-refractivity contribution >= 4 is 28.4 Å². The molecule has 0 spiro atoms. The van der Waals surface area contributed by atoms with Gasteiger partial charge in [0.25, 0.3) is 0 Å². The van der Waals surface area contributed by atoms with Gasteiger partial charge in [0.2, 0.25) is 0 Å². The zero-order valence-corrected chi connectivity index (χ0v) is 18.7. The molecule has 3 fully saturated rings. The Kier molecular flexibility index (Phi) is 5.22. The van der Waals surface area contributed by atoms with Gasteiger partial charge >= 0.3 is 0 Å². The number of piperidine rings is 1. The van der Waals surface area contributed by atoms with Crippen LogP contribution < -0.4 is 20.4 Å². The van der Waals surface area contributed by atoms with Crippen molar-refractivity contribution in [3.8, 4) is 5.75 Å². The fourth-order valence-corrected chi connectivity index (χ4v) is 6.16. The Morgan fingerprint density at radius 2 is 2.03 bits per heavy atom. The molecule has 2 saturated heterocycles. The maximum absolute atomic E-state index is 15.4. The molecule has 3 aliphatic rings. The van der Waals surface area contributed by atoms with E-state index in [0.717, 1.165) is 43.0 Å². The van der Waals surface area contributed by atoms with Crippen molar-refractivity contribution in [2.24, 2.45) is 5.92 Å². The highest BCUT2D eigenvalue weighted by Gasteiger charge is 2.38. The number of benzene rings is 1. The summed E-state index contributed by atoms with van der Waals surface area (Å²) in [6, 6.07) is 3.86. The molecule has 5 nitrogen and oxygen atoms in total. The summed E-state index contributed by atoms with van der Waals surface area (Å²) in [5.74, 6) is 0.688. The van der Waals surface area contributed by atoms with Crippen molar-refractivity contribution in [1.82, 2.24) is 9.88 Å². The summed E-state index contributed by atoms with van der Waals surface area (Å²) in [7, 11) is 1.60. The topological polar surface area (TPSA) is 46.5 Å². The van der Waals surface area contributed by atoms with Gasteiger partial charge < -0.3 is 19.5 Å². The first-order valence-electron chi connectivity index (χ1n) is 11.1. The molecule has 1 N–H and O–H groups in total. The molecule has 5 rings (SSSR count). The molecule has 0 bridgehead atoms.